The van der Waals surface area contributed by atoms with Crippen molar-refractivity contribution in [2.24, 2.45) is 5.92 Å². The van der Waals surface area contributed by atoms with E-state index < -0.39 is 0 Å². The Bertz CT molecular complexity index is 733. The molecule has 2 aromatic rings. The van der Waals surface area contributed by atoms with Crippen molar-refractivity contribution in [3.63, 3.8) is 0 Å². The molecule has 2 heterocycles. The van der Waals surface area contributed by atoms with Crippen LogP contribution in [-0.4, -0.2) is 47.7 Å². The number of amides is 1. The van der Waals surface area contributed by atoms with Gasteiger partial charge in [0.2, 0.25) is 17.6 Å². The fourth-order valence-corrected chi connectivity index (χ4v) is 3.04. The highest BCUT2D eigenvalue weighted by Crippen LogP contribution is 2.22. The van der Waals surface area contributed by atoms with Crippen LogP contribution < -0.4 is 10.1 Å². The van der Waals surface area contributed by atoms with E-state index in [1.54, 1.807) is 13.2 Å². The van der Waals surface area contributed by atoms with Gasteiger partial charge in [-0.1, -0.05) is 11.2 Å². The topological polar surface area (TPSA) is 80.5 Å². The Labute approximate surface area is 153 Å². The number of nitrogens with zero attached hydrogens (tertiary/aromatic N) is 3. The highest BCUT2D eigenvalue weighted by Gasteiger charge is 2.25. The zero-order valence-corrected chi connectivity index (χ0v) is 15.0. The Hall–Kier alpha value is -2.67. The van der Waals surface area contributed by atoms with E-state index in [0.29, 0.717) is 24.8 Å². The third-order valence-corrected chi connectivity index (χ3v) is 4.55. The summed E-state index contributed by atoms with van der Waals surface area (Å²) in [6.07, 6.45) is 3.37. The van der Waals surface area contributed by atoms with Crippen molar-refractivity contribution in [1.82, 2.24) is 20.4 Å². The van der Waals surface area contributed by atoms with Gasteiger partial charge in [-0.3, -0.25) is 9.69 Å². The number of hydrogen-bond donors (Lipinski definition) is 1. The fraction of sp³-hybridized carbons (Fsp3) is 0.421. The quantitative estimate of drug-likeness (QED) is 0.767. The molecule has 1 saturated heterocycles. The molecule has 0 aliphatic carbocycles. The minimum atomic E-state index is 0.0729. The lowest BCUT2D eigenvalue weighted by Gasteiger charge is -2.30. The summed E-state index contributed by atoms with van der Waals surface area (Å²) in [7, 11) is 1.63. The van der Waals surface area contributed by atoms with Gasteiger partial charge in [-0.15, -0.1) is 6.58 Å². The van der Waals surface area contributed by atoms with Gasteiger partial charge in [0.05, 0.1) is 13.7 Å². The predicted octanol–water partition coefficient (Wildman–Crippen LogP) is 2.26. The maximum atomic E-state index is 12.0. The third kappa shape index (κ3) is 4.49. The zero-order valence-electron chi connectivity index (χ0n) is 15.0. The first-order valence-electron chi connectivity index (χ1n) is 8.77. The molecule has 3 rings (SSSR count). The molecule has 1 aliphatic rings. The van der Waals surface area contributed by atoms with Crippen LogP contribution in [0.1, 0.15) is 18.7 Å². The second-order valence-corrected chi connectivity index (χ2v) is 6.32. The number of carbonyl (C=O) groups is 1. The normalized spacial score (nSPS) is 15.6. The van der Waals surface area contributed by atoms with Gasteiger partial charge >= 0.3 is 0 Å². The first kappa shape index (κ1) is 18.1. The number of methoxy groups -OCH3 is 1. The summed E-state index contributed by atoms with van der Waals surface area (Å²) < 4.78 is 10.5. The number of nitrogens with one attached hydrogen (secondary N) is 1. The van der Waals surface area contributed by atoms with Crippen LogP contribution >= 0.6 is 0 Å². The Morgan fingerprint density at radius 2 is 2.12 bits per heavy atom. The van der Waals surface area contributed by atoms with Crippen molar-refractivity contribution in [1.29, 1.82) is 0 Å². The molecule has 1 N–H and O–H groups in total. The van der Waals surface area contributed by atoms with Crippen molar-refractivity contribution in [2.75, 3.05) is 26.7 Å². The van der Waals surface area contributed by atoms with Crippen LogP contribution in [0.15, 0.2) is 41.4 Å². The molecule has 0 unspecified atom stereocenters. The van der Waals surface area contributed by atoms with Crippen LogP contribution in [0, 0.1) is 5.92 Å². The predicted molar refractivity (Wildman–Crippen MR) is 97.5 cm³/mol. The van der Waals surface area contributed by atoms with Crippen LogP contribution in [0.4, 0.5) is 0 Å². The molecule has 0 atom stereocenters. The molecule has 0 bridgehead atoms. The summed E-state index contributed by atoms with van der Waals surface area (Å²) >= 11 is 0. The second kappa shape index (κ2) is 8.62. The number of rotatable bonds is 7. The zero-order chi connectivity index (χ0) is 18.4. The lowest BCUT2D eigenvalue weighted by Crippen LogP contribution is -2.40. The summed E-state index contributed by atoms with van der Waals surface area (Å²) in [6, 6.07) is 7.54. The Morgan fingerprint density at radius 1 is 1.38 bits per heavy atom. The van der Waals surface area contributed by atoms with Gasteiger partial charge in [0.25, 0.3) is 0 Å². The van der Waals surface area contributed by atoms with Gasteiger partial charge in [0, 0.05) is 18.0 Å². The van der Waals surface area contributed by atoms with Crippen molar-refractivity contribution in [3.05, 3.63) is 42.8 Å². The second-order valence-electron chi connectivity index (χ2n) is 6.32. The first-order chi connectivity index (χ1) is 12.7. The maximum absolute atomic E-state index is 12.0. The van der Waals surface area contributed by atoms with Crippen molar-refractivity contribution >= 4 is 5.91 Å². The molecule has 0 spiro atoms. The van der Waals surface area contributed by atoms with E-state index in [-0.39, 0.29) is 11.8 Å². The Kier molecular flexibility index (Phi) is 6.01. The molecule has 0 radical (unpaired) electrons. The minimum absolute atomic E-state index is 0.0729. The molecule has 1 fully saturated rings. The van der Waals surface area contributed by atoms with Gasteiger partial charge in [-0.2, -0.15) is 4.98 Å². The van der Waals surface area contributed by atoms with Crippen molar-refractivity contribution in [3.8, 4) is 17.1 Å². The Balaban J connectivity index is 1.52. The van der Waals surface area contributed by atoms with Gasteiger partial charge in [-0.25, -0.2) is 0 Å². The third-order valence-electron chi connectivity index (χ3n) is 4.55. The summed E-state index contributed by atoms with van der Waals surface area (Å²) in [6.45, 7) is 6.42. The molecule has 1 aromatic heterocycles. The summed E-state index contributed by atoms with van der Waals surface area (Å²) in [5.41, 5.74) is 0.887. The number of hydrogen-bond acceptors (Lipinski definition) is 6. The fourth-order valence-electron chi connectivity index (χ4n) is 3.04. The van der Waals surface area contributed by atoms with Gasteiger partial charge < -0.3 is 14.6 Å². The largest absolute Gasteiger partial charge is 0.497 e. The van der Waals surface area contributed by atoms with E-state index in [0.717, 1.165) is 37.2 Å². The SMILES string of the molecule is C=CCNC(=O)C1CCN(Cc2nc(-c3ccc(OC)cc3)no2)CC1. The minimum Gasteiger partial charge on any atom is -0.497 e. The number of aromatic nitrogens is 2. The standard InChI is InChI=1S/C19H24N4O3/c1-3-10-20-19(24)15-8-11-23(12-9-15)13-17-21-18(22-26-17)14-4-6-16(25-2)7-5-14/h3-7,15H,1,8-13H2,2H3,(H,20,24). The number of likely N-dealkylation sites (tertiary alicyclic amines) is 1. The molecular weight excluding hydrogens is 332 g/mol. The van der Waals surface area contributed by atoms with E-state index >= 15 is 0 Å². The molecular formula is C19H24N4O3. The van der Waals surface area contributed by atoms with E-state index in [9.17, 15) is 4.79 Å². The molecule has 1 aromatic carbocycles. The van der Waals surface area contributed by atoms with Gasteiger partial charge in [-0.05, 0) is 50.2 Å². The highest BCUT2D eigenvalue weighted by atomic mass is 16.5. The van der Waals surface area contributed by atoms with E-state index in [2.05, 4.69) is 26.9 Å². The van der Waals surface area contributed by atoms with Crippen LogP contribution in [0.3, 0.4) is 0 Å². The van der Waals surface area contributed by atoms with Crippen molar-refractivity contribution in [2.45, 2.75) is 19.4 Å². The van der Waals surface area contributed by atoms with Gasteiger partial charge in [0.1, 0.15) is 5.75 Å². The molecule has 0 saturated carbocycles. The van der Waals surface area contributed by atoms with E-state index in [1.807, 2.05) is 24.3 Å². The molecule has 26 heavy (non-hydrogen) atoms. The van der Waals surface area contributed by atoms with Crippen LogP contribution in [0.5, 0.6) is 5.75 Å². The molecule has 1 aliphatic heterocycles. The first-order valence-corrected chi connectivity index (χ1v) is 8.77. The van der Waals surface area contributed by atoms with E-state index in [1.165, 1.54) is 0 Å². The molecule has 7 nitrogen and oxygen atoms in total. The molecule has 138 valence electrons. The average molecular weight is 356 g/mol. The van der Waals surface area contributed by atoms with Crippen LogP contribution in [0.2, 0.25) is 0 Å². The summed E-state index contributed by atoms with van der Waals surface area (Å²) in [4.78, 5) is 18.7. The number of ether oxygens (including phenoxy) is 1. The molecule has 1 amide bonds. The monoisotopic (exact) mass is 356 g/mol. The lowest BCUT2D eigenvalue weighted by atomic mass is 9.96. The van der Waals surface area contributed by atoms with Gasteiger partial charge in [0.15, 0.2) is 0 Å². The number of benzene rings is 1. The summed E-state index contributed by atoms with van der Waals surface area (Å²) in [5.74, 6) is 2.14. The Morgan fingerprint density at radius 3 is 2.77 bits per heavy atom. The summed E-state index contributed by atoms with van der Waals surface area (Å²) in [5, 5.41) is 6.93. The smallest absolute Gasteiger partial charge is 0.241 e. The van der Waals surface area contributed by atoms with Crippen molar-refractivity contribution < 1.29 is 14.1 Å². The molecule has 7 heteroatoms. The maximum Gasteiger partial charge on any atom is 0.241 e. The average Bonchev–Trinajstić information content (AvgIpc) is 3.15. The van der Waals surface area contributed by atoms with Crippen LogP contribution in [-0.2, 0) is 11.3 Å². The van der Waals surface area contributed by atoms with Crippen LogP contribution in [0.25, 0.3) is 11.4 Å². The number of carbonyl (C=O) groups excluding carboxylic acids is 1. The van der Waals surface area contributed by atoms with E-state index in [4.69, 9.17) is 9.26 Å². The lowest BCUT2D eigenvalue weighted by molar-refractivity contribution is -0.126. The number of piperidine rings is 1. The highest BCUT2D eigenvalue weighted by molar-refractivity contribution is 5.78.